The molecule has 0 radical (unpaired) electrons. The predicted molar refractivity (Wildman–Crippen MR) is 126 cm³/mol. The van der Waals surface area contributed by atoms with Gasteiger partial charge in [-0.25, -0.2) is 4.98 Å². The minimum absolute atomic E-state index is 0.140. The van der Waals surface area contributed by atoms with Crippen molar-refractivity contribution >= 4 is 32.9 Å². The molecule has 1 atom stereocenters. The number of fused-ring (bicyclic) bond motifs is 1. The average Bonchev–Trinajstić information content (AvgIpc) is 3.36. The van der Waals surface area contributed by atoms with Crippen LogP contribution in [0.15, 0.2) is 65.3 Å². The lowest BCUT2D eigenvalue weighted by Crippen LogP contribution is -2.30. The maximum Gasteiger partial charge on any atom is 0.287 e. The van der Waals surface area contributed by atoms with Crippen LogP contribution in [0, 0.1) is 6.92 Å². The van der Waals surface area contributed by atoms with Crippen molar-refractivity contribution < 1.29 is 18.7 Å². The number of benzene rings is 2. The van der Waals surface area contributed by atoms with E-state index in [4.69, 9.17) is 9.15 Å². The molecule has 2 aromatic carbocycles. The number of nitrogens with one attached hydrogen (secondary N) is 1. The van der Waals surface area contributed by atoms with Gasteiger partial charge in [-0.2, -0.15) is 0 Å². The number of rotatable bonds is 7. The molecule has 1 N–H and O–H groups in total. The van der Waals surface area contributed by atoms with Gasteiger partial charge in [0.05, 0.1) is 12.3 Å². The van der Waals surface area contributed by atoms with Gasteiger partial charge < -0.3 is 14.5 Å². The van der Waals surface area contributed by atoms with Gasteiger partial charge in [-0.05, 0) is 36.1 Å². The monoisotopic (exact) mass is 459 g/mol. The first-order valence-electron chi connectivity index (χ1n) is 10.6. The Hall–Kier alpha value is -3.65. The summed E-state index contributed by atoms with van der Waals surface area (Å²) in [6.07, 6.45) is 4.48. The van der Waals surface area contributed by atoms with Crippen LogP contribution in [0.4, 0.5) is 4.79 Å². The van der Waals surface area contributed by atoms with Gasteiger partial charge in [-0.1, -0.05) is 30.3 Å². The lowest BCUT2D eigenvalue weighted by atomic mass is 9.98. The Morgan fingerprint density at radius 1 is 1.06 bits per heavy atom. The molecule has 2 aromatic heterocycles. The third kappa shape index (κ3) is 4.47. The summed E-state index contributed by atoms with van der Waals surface area (Å²) >= 11 is 0.736. The first-order chi connectivity index (χ1) is 16.1. The van der Waals surface area contributed by atoms with E-state index in [1.807, 2.05) is 55.5 Å². The smallest absolute Gasteiger partial charge is 0.287 e. The van der Waals surface area contributed by atoms with Crippen LogP contribution in [-0.2, 0) is 17.6 Å². The number of pyridine rings is 1. The fourth-order valence-electron chi connectivity index (χ4n) is 3.92. The number of aromatic nitrogens is 2. The zero-order valence-corrected chi connectivity index (χ0v) is 18.7. The number of carbonyl (C=O) groups excluding carboxylic acids is 2. The lowest BCUT2D eigenvalue weighted by Gasteiger charge is -2.14. The largest absolute Gasteiger partial charge is 0.493 e. The highest BCUT2D eigenvalue weighted by molar-refractivity contribution is 8.26. The maximum atomic E-state index is 12.0. The molecule has 1 fully saturated rings. The summed E-state index contributed by atoms with van der Waals surface area (Å²) in [7, 11) is 0. The van der Waals surface area contributed by atoms with E-state index in [-0.39, 0.29) is 10.4 Å². The van der Waals surface area contributed by atoms with Gasteiger partial charge in [-0.15, -0.1) is 0 Å². The van der Waals surface area contributed by atoms with Crippen molar-refractivity contribution in [3.8, 4) is 17.2 Å². The highest BCUT2D eigenvalue weighted by Crippen LogP contribution is 2.31. The highest BCUT2D eigenvalue weighted by Gasteiger charge is 2.31. The van der Waals surface area contributed by atoms with Gasteiger partial charge in [0.25, 0.3) is 5.24 Å². The van der Waals surface area contributed by atoms with Crippen LogP contribution in [-0.4, -0.2) is 33.0 Å². The Morgan fingerprint density at radius 3 is 2.61 bits per heavy atom. The summed E-state index contributed by atoms with van der Waals surface area (Å²) in [6, 6.07) is 15.0. The van der Waals surface area contributed by atoms with Crippen LogP contribution in [0.2, 0.25) is 0 Å². The molecule has 166 valence electrons. The number of hydrogen-bond acceptors (Lipinski definition) is 7. The van der Waals surface area contributed by atoms with Crippen molar-refractivity contribution in [2.45, 2.75) is 25.8 Å². The number of ether oxygens (including phenoxy) is 1. The molecule has 0 spiro atoms. The Kier molecular flexibility index (Phi) is 5.83. The number of hydrogen-bond donors (Lipinski definition) is 1. The molecule has 1 unspecified atom stereocenters. The summed E-state index contributed by atoms with van der Waals surface area (Å²) < 4.78 is 11.9. The summed E-state index contributed by atoms with van der Waals surface area (Å²) in [5.74, 6) is 2.11. The SMILES string of the molecule is Cc1oc(-c2ccncc2)nc1CCOc1ccc(CC2NC(=O)SC2=O)c2ccccc12. The molecule has 1 aliphatic heterocycles. The van der Waals surface area contributed by atoms with Crippen LogP contribution in [0.3, 0.4) is 0 Å². The summed E-state index contributed by atoms with van der Waals surface area (Å²) in [4.78, 5) is 32.2. The van der Waals surface area contributed by atoms with Gasteiger partial charge >= 0.3 is 0 Å². The van der Waals surface area contributed by atoms with Crippen molar-refractivity contribution in [2.75, 3.05) is 6.61 Å². The molecule has 7 nitrogen and oxygen atoms in total. The standard InChI is InChI=1S/C25H21N3O4S/c1-15-20(27-23(32-15)16-8-11-26-12-9-16)10-13-31-22-7-6-17(18-4-2-3-5-19(18)22)14-21-24(29)33-25(30)28-21/h2-9,11-12,21H,10,13-14H2,1H3,(H,28,30). The Morgan fingerprint density at radius 2 is 1.85 bits per heavy atom. The van der Waals surface area contributed by atoms with Crippen LogP contribution in [0.5, 0.6) is 5.75 Å². The highest BCUT2D eigenvalue weighted by atomic mass is 32.2. The Balaban J connectivity index is 1.31. The average molecular weight is 460 g/mol. The molecule has 0 bridgehead atoms. The third-order valence-electron chi connectivity index (χ3n) is 5.58. The van der Waals surface area contributed by atoms with E-state index in [1.54, 1.807) is 12.4 Å². The minimum Gasteiger partial charge on any atom is -0.493 e. The molecule has 1 amide bonds. The second kappa shape index (κ2) is 9.07. The Labute approximate surface area is 194 Å². The summed E-state index contributed by atoms with van der Waals surface area (Å²) in [6.45, 7) is 2.35. The zero-order chi connectivity index (χ0) is 22.8. The second-order valence-electron chi connectivity index (χ2n) is 7.73. The van der Waals surface area contributed by atoms with E-state index in [9.17, 15) is 9.59 Å². The molecule has 5 rings (SSSR count). The number of thioether (sulfide) groups is 1. The molecular weight excluding hydrogens is 438 g/mol. The van der Waals surface area contributed by atoms with Crippen molar-refractivity contribution in [3.63, 3.8) is 0 Å². The number of aryl methyl sites for hydroxylation is 1. The van der Waals surface area contributed by atoms with Crippen LogP contribution in [0.1, 0.15) is 17.0 Å². The van der Waals surface area contributed by atoms with Gasteiger partial charge in [0.15, 0.2) is 0 Å². The topological polar surface area (TPSA) is 94.3 Å². The Bertz CT molecular complexity index is 1340. The van der Waals surface area contributed by atoms with Gasteiger partial charge in [0.1, 0.15) is 17.6 Å². The number of oxazole rings is 1. The van der Waals surface area contributed by atoms with Crippen molar-refractivity contribution in [1.82, 2.24) is 15.3 Å². The minimum atomic E-state index is -0.498. The van der Waals surface area contributed by atoms with E-state index in [2.05, 4.69) is 15.3 Å². The van der Waals surface area contributed by atoms with Crippen molar-refractivity contribution in [2.24, 2.45) is 0 Å². The molecular formula is C25H21N3O4S. The second-order valence-corrected chi connectivity index (χ2v) is 8.71. The predicted octanol–water partition coefficient (Wildman–Crippen LogP) is 4.71. The fourth-order valence-corrected chi connectivity index (χ4v) is 4.59. The molecule has 1 aliphatic rings. The van der Waals surface area contributed by atoms with E-state index in [1.165, 1.54) is 0 Å². The molecule has 3 heterocycles. The number of nitrogens with zero attached hydrogens (tertiary/aromatic N) is 2. The van der Waals surface area contributed by atoms with Crippen molar-refractivity contribution in [1.29, 1.82) is 0 Å². The van der Waals surface area contributed by atoms with Gasteiger partial charge in [0.2, 0.25) is 11.0 Å². The molecule has 0 aliphatic carbocycles. The first-order valence-corrected chi connectivity index (χ1v) is 11.4. The van der Waals surface area contributed by atoms with Crippen LogP contribution < -0.4 is 10.1 Å². The molecule has 4 aromatic rings. The first kappa shape index (κ1) is 21.2. The summed E-state index contributed by atoms with van der Waals surface area (Å²) in [5, 5.41) is 4.27. The molecule has 0 saturated carbocycles. The normalized spacial score (nSPS) is 15.7. The van der Waals surface area contributed by atoms with E-state index >= 15 is 0 Å². The van der Waals surface area contributed by atoms with Crippen molar-refractivity contribution in [3.05, 3.63) is 77.9 Å². The molecule has 8 heteroatoms. The third-order valence-corrected chi connectivity index (χ3v) is 6.37. The maximum absolute atomic E-state index is 12.0. The van der Waals surface area contributed by atoms with E-state index in [0.717, 1.165) is 50.9 Å². The van der Waals surface area contributed by atoms with Crippen LogP contribution in [0.25, 0.3) is 22.2 Å². The quantitative estimate of drug-likeness (QED) is 0.428. The van der Waals surface area contributed by atoms with Gasteiger partial charge in [0, 0.05) is 47.9 Å². The lowest BCUT2D eigenvalue weighted by molar-refractivity contribution is -0.112. The van der Waals surface area contributed by atoms with Gasteiger partial charge in [-0.3, -0.25) is 14.6 Å². The van der Waals surface area contributed by atoms with E-state index in [0.29, 0.717) is 25.3 Å². The number of amides is 1. The van der Waals surface area contributed by atoms with Crippen LogP contribution >= 0.6 is 11.8 Å². The number of carbonyl (C=O) groups is 2. The molecule has 33 heavy (non-hydrogen) atoms. The zero-order valence-electron chi connectivity index (χ0n) is 17.9. The van der Waals surface area contributed by atoms with E-state index < -0.39 is 6.04 Å². The molecule has 1 saturated heterocycles. The fraction of sp³-hybridized carbons (Fsp3) is 0.200. The summed E-state index contributed by atoms with van der Waals surface area (Å²) in [5.41, 5.74) is 2.74.